The van der Waals surface area contributed by atoms with E-state index in [1.54, 1.807) is 48.5 Å². The molecule has 0 fully saturated rings. The normalized spacial score (nSPS) is 12.6. The Hall–Kier alpha value is -3.43. The maximum atomic E-state index is 12.3. The number of aromatic hydroxyl groups is 1. The first-order valence-corrected chi connectivity index (χ1v) is 14.1. The molecule has 0 saturated carbocycles. The van der Waals surface area contributed by atoms with Gasteiger partial charge in [0.05, 0.1) is 0 Å². The highest BCUT2D eigenvalue weighted by Gasteiger charge is 2.25. The fourth-order valence-corrected chi connectivity index (χ4v) is 5.23. The van der Waals surface area contributed by atoms with Crippen LogP contribution < -0.4 is 0 Å². The smallest absolute Gasteiger partial charge is 0.218 e. The van der Waals surface area contributed by atoms with E-state index in [1.165, 1.54) is 34.7 Å². The molecule has 36 heavy (non-hydrogen) atoms. The molecule has 4 aromatic carbocycles. The van der Waals surface area contributed by atoms with E-state index in [1.807, 2.05) is 18.2 Å². The Morgan fingerprint density at radius 2 is 1.33 bits per heavy atom. The van der Waals surface area contributed by atoms with Crippen LogP contribution in [0.5, 0.6) is 5.75 Å². The number of Topliss-reactive ketones (excluding diaryl/α,β-unsaturated/α-hetero) is 1. The van der Waals surface area contributed by atoms with Crippen molar-refractivity contribution in [3.05, 3.63) is 132 Å². The van der Waals surface area contributed by atoms with Crippen LogP contribution in [-0.2, 0) is 31.2 Å². The summed E-state index contributed by atoms with van der Waals surface area (Å²) in [5.41, 5.74) is 1.94. The second-order valence-electron chi connectivity index (χ2n) is 7.79. The van der Waals surface area contributed by atoms with Gasteiger partial charge in [0.1, 0.15) is 17.8 Å². The molecular weight excluding hydrogens is 496 g/mol. The third kappa shape index (κ3) is 8.66. The summed E-state index contributed by atoms with van der Waals surface area (Å²) in [4.78, 5) is 13.6. The number of carbonyl (C=O) groups excluding carboxylic acids is 1. The van der Waals surface area contributed by atoms with Crippen LogP contribution in [0.15, 0.2) is 120 Å². The van der Waals surface area contributed by atoms with Crippen LogP contribution in [0.2, 0.25) is 0 Å². The summed E-state index contributed by atoms with van der Waals surface area (Å²) >= 11 is 0. The Labute approximate surface area is 214 Å². The lowest BCUT2D eigenvalue weighted by Crippen LogP contribution is -2.20. The number of rotatable bonds is 8. The summed E-state index contributed by atoms with van der Waals surface area (Å²) in [6.07, 6.45) is 0.764. The monoisotopic (exact) mass is 522 g/mol. The van der Waals surface area contributed by atoms with Crippen molar-refractivity contribution in [2.45, 2.75) is 16.8 Å². The summed E-state index contributed by atoms with van der Waals surface area (Å²) < 4.78 is 36.9. The van der Waals surface area contributed by atoms with Gasteiger partial charge in [-0.1, -0.05) is 91.0 Å². The first-order chi connectivity index (χ1) is 17.2. The summed E-state index contributed by atoms with van der Waals surface area (Å²) in [6, 6.07) is 34.1. The molecule has 0 bridgehead atoms. The number of hydrogen-bond donors (Lipinski definition) is 1. The van der Waals surface area contributed by atoms with E-state index >= 15 is 0 Å². The highest BCUT2D eigenvalue weighted by atomic mass is 32.3. The van der Waals surface area contributed by atoms with Crippen LogP contribution in [0, 0.1) is 0 Å². The van der Waals surface area contributed by atoms with E-state index in [2.05, 4.69) is 34.7 Å². The molecule has 8 heteroatoms. The number of phenolic OH excluding ortho intramolecular Hbond substituents is 1. The van der Waals surface area contributed by atoms with Crippen LogP contribution >= 0.6 is 0 Å². The quantitative estimate of drug-likeness (QED) is 0.146. The zero-order valence-corrected chi connectivity index (χ0v) is 21.2. The van der Waals surface area contributed by atoms with E-state index in [0.29, 0.717) is 11.3 Å². The molecule has 0 saturated heterocycles. The molecule has 4 rings (SSSR count). The van der Waals surface area contributed by atoms with E-state index in [0.717, 1.165) is 5.75 Å². The first-order valence-electron chi connectivity index (χ1n) is 11.0. The minimum absolute atomic E-state index is 0.196. The second-order valence-corrected chi connectivity index (χ2v) is 10.8. The number of phenols is 1. The van der Waals surface area contributed by atoms with Gasteiger partial charge < -0.3 is 9.66 Å². The van der Waals surface area contributed by atoms with Gasteiger partial charge in [0.15, 0.2) is 16.8 Å². The fraction of sp³-hybridized carbons (Fsp3) is 0.107. The zero-order chi connectivity index (χ0) is 26.0. The van der Waals surface area contributed by atoms with Gasteiger partial charge in [0.2, 0.25) is 10.4 Å². The molecule has 186 valence electrons. The molecule has 0 aromatic heterocycles. The van der Waals surface area contributed by atoms with Gasteiger partial charge in [-0.05, 0) is 29.8 Å². The summed E-state index contributed by atoms with van der Waals surface area (Å²) in [6.45, 7) is 0. The average molecular weight is 523 g/mol. The lowest BCUT2D eigenvalue weighted by Gasteiger charge is -2.18. The highest BCUT2D eigenvalue weighted by Crippen LogP contribution is 2.24. The maximum Gasteiger partial charge on any atom is 0.218 e. The van der Waals surface area contributed by atoms with Crippen molar-refractivity contribution in [3.8, 4) is 5.75 Å². The molecule has 0 aliphatic rings. The minimum Gasteiger partial charge on any atom is -0.725 e. The van der Waals surface area contributed by atoms with Crippen molar-refractivity contribution in [1.82, 2.24) is 0 Å². The van der Waals surface area contributed by atoms with Crippen LogP contribution in [-0.4, -0.2) is 30.1 Å². The number of hydrogen-bond acceptors (Lipinski definition) is 6. The molecule has 2 unspecified atom stereocenters. The lowest BCUT2D eigenvalue weighted by molar-refractivity contribution is 0.0774. The van der Waals surface area contributed by atoms with Gasteiger partial charge in [-0.15, -0.1) is 0 Å². The summed E-state index contributed by atoms with van der Waals surface area (Å²) in [7, 11) is -4.80. The van der Waals surface area contributed by atoms with Gasteiger partial charge >= 0.3 is 0 Å². The standard InChI is InChI=1S/C14H12O5S.C14H14OS/c15-13(11-7-3-1-4-8-11)14(19-20(16,17)18)12-9-5-2-6-10-12;1-16(11-12-5-3-2-4-6-12)14-9-7-13(15)8-10-14/h1-10,14H,(H,16,17,18);2-10H,11H2,1H3. The number of benzene rings is 4. The summed E-state index contributed by atoms with van der Waals surface area (Å²) in [5.74, 6) is 0.808. The van der Waals surface area contributed by atoms with Crippen molar-refractivity contribution >= 4 is 27.1 Å². The topological polar surface area (TPSA) is 104 Å². The third-order valence-electron chi connectivity index (χ3n) is 5.08. The van der Waals surface area contributed by atoms with Crippen LogP contribution in [0.3, 0.4) is 0 Å². The first kappa shape index (κ1) is 27.2. The van der Waals surface area contributed by atoms with E-state index in [9.17, 15) is 22.9 Å². The third-order valence-corrected chi connectivity index (χ3v) is 7.35. The molecule has 0 spiro atoms. The van der Waals surface area contributed by atoms with E-state index in [-0.39, 0.29) is 16.5 Å². The van der Waals surface area contributed by atoms with Gasteiger partial charge in [-0.25, -0.2) is 8.42 Å². The molecular formula is C28H26O6S2. The molecule has 0 aliphatic carbocycles. The Balaban J connectivity index is 0.000000205. The highest BCUT2D eigenvalue weighted by molar-refractivity contribution is 7.95. The molecule has 0 radical (unpaired) electrons. The van der Waals surface area contributed by atoms with Crippen LogP contribution in [0.25, 0.3) is 0 Å². The second kappa shape index (κ2) is 13.0. The Bertz CT molecular complexity index is 1330. The molecule has 2 atom stereocenters. The molecule has 0 amide bonds. The van der Waals surface area contributed by atoms with E-state index in [4.69, 9.17) is 0 Å². The predicted molar refractivity (Wildman–Crippen MR) is 141 cm³/mol. The molecule has 0 heterocycles. The van der Waals surface area contributed by atoms with Gasteiger partial charge in [0, 0.05) is 22.0 Å². The van der Waals surface area contributed by atoms with E-state index < -0.39 is 22.3 Å². The van der Waals surface area contributed by atoms with Gasteiger partial charge in [-0.2, -0.15) is 0 Å². The SMILES string of the molecule is C[S+](Cc1ccccc1)c1ccc(O)cc1.O=C(c1ccccc1)C(OS(=O)(=O)[O-])c1ccccc1. The van der Waals surface area contributed by atoms with Crippen molar-refractivity contribution in [3.63, 3.8) is 0 Å². The lowest BCUT2D eigenvalue weighted by atomic mass is 10.0. The van der Waals surface area contributed by atoms with Crippen molar-refractivity contribution in [2.75, 3.05) is 6.26 Å². The molecule has 0 aliphatic heterocycles. The van der Waals surface area contributed by atoms with Crippen molar-refractivity contribution in [2.24, 2.45) is 0 Å². The zero-order valence-electron chi connectivity index (χ0n) is 19.6. The van der Waals surface area contributed by atoms with Crippen molar-refractivity contribution < 1.29 is 27.1 Å². The fourth-order valence-electron chi connectivity index (χ4n) is 3.34. The summed E-state index contributed by atoms with van der Waals surface area (Å²) in [5, 5.41) is 9.23. The Morgan fingerprint density at radius 1 is 0.833 bits per heavy atom. The maximum absolute atomic E-state index is 12.3. The van der Waals surface area contributed by atoms with Gasteiger partial charge in [0.25, 0.3) is 0 Å². The average Bonchev–Trinajstić information content (AvgIpc) is 2.89. The predicted octanol–water partition coefficient (Wildman–Crippen LogP) is 5.29. The van der Waals surface area contributed by atoms with Crippen LogP contribution in [0.4, 0.5) is 0 Å². The number of ketones is 1. The Morgan fingerprint density at radius 3 is 1.86 bits per heavy atom. The minimum atomic E-state index is -5.00. The Kier molecular flexibility index (Phi) is 9.84. The molecule has 6 nitrogen and oxygen atoms in total. The van der Waals surface area contributed by atoms with Crippen molar-refractivity contribution in [1.29, 1.82) is 0 Å². The number of carbonyl (C=O) groups is 1. The molecule has 4 aromatic rings. The van der Waals surface area contributed by atoms with Gasteiger partial charge in [-0.3, -0.25) is 8.98 Å². The molecule has 1 N–H and O–H groups in total. The van der Waals surface area contributed by atoms with Crippen LogP contribution in [0.1, 0.15) is 27.6 Å². The largest absolute Gasteiger partial charge is 0.725 e.